The fourth-order valence-electron chi connectivity index (χ4n) is 3.96. The number of benzene rings is 1. The van der Waals surface area contributed by atoms with E-state index >= 15 is 0 Å². The first kappa shape index (κ1) is 26.8. The molecular formula is C27H37N3O4S. The van der Waals surface area contributed by atoms with Gasteiger partial charge in [0.15, 0.2) is 0 Å². The van der Waals surface area contributed by atoms with Crippen molar-refractivity contribution in [2.75, 3.05) is 20.8 Å². The number of unbranched alkanes of at least 4 members (excludes halogenated alkanes) is 1. The van der Waals surface area contributed by atoms with Gasteiger partial charge in [-0.2, -0.15) is 0 Å². The SMILES string of the molecule is CCCCC(CC)NC(=O)c1cc(-c2csc(COc3ccc(OC)cc3)n2)n(CCOC)c1C. The molecule has 190 valence electrons. The van der Waals surface area contributed by atoms with Gasteiger partial charge in [0, 0.05) is 30.8 Å². The molecular weight excluding hydrogens is 462 g/mol. The van der Waals surface area contributed by atoms with Crippen LogP contribution in [0.2, 0.25) is 0 Å². The van der Waals surface area contributed by atoms with Crippen molar-refractivity contribution in [1.29, 1.82) is 0 Å². The highest BCUT2D eigenvalue weighted by Gasteiger charge is 2.21. The van der Waals surface area contributed by atoms with Crippen LogP contribution >= 0.6 is 11.3 Å². The Morgan fingerprint density at radius 2 is 1.91 bits per heavy atom. The van der Waals surface area contributed by atoms with E-state index in [2.05, 4.69) is 23.7 Å². The van der Waals surface area contributed by atoms with Gasteiger partial charge in [0.25, 0.3) is 5.91 Å². The van der Waals surface area contributed by atoms with E-state index in [1.54, 1.807) is 25.6 Å². The molecule has 2 aromatic heterocycles. The van der Waals surface area contributed by atoms with E-state index in [0.717, 1.165) is 59.3 Å². The standard InChI is InChI=1S/C27H37N3O4S/c1-6-8-9-20(7-2)28-27(31)23-16-25(30(19(23)3)14-15-32-4)24-18-35-26(29-24)17-34-22-12-10-21(33-5)11-13-22/h10-13,16,18,20H,6-9,14-15,17H2,1-5H3,(H,28,31). The summed E-state index contributed by atoms with van der Waals surface area (Å²) in [5.74, 6) is 1.52. The summed E-state index contributed by atoms with van der Waals surface area (Å²) in [7, 11) is 3.32. The maximum Gasteiger partial charge on any atom is 0.253 e. The molecule has 8 heteroatoms. The summed E-state index contributed by atoms with van der Waals surface area (Å²) in [6.07, 6.45) is 4.15. The number of amides is 1. The minimum absolute atomic E-state index is 0.0267. The van der Waals surface area contributed by atoms with Crippen LogP contribution in [0.5, 0.6) is 11.5 Å². The molecule has 0 aliphatic carbocycles. The summed E-state index contributed by atoms with van der Waals surface area (Å²) in [4.78, 5) is 18.0. The van der Waals surface area contributed by atoms with Crippen LogP contribution < -0.4 is 14.8 Å². The third kappa shape index (κ3) is 7.08. The molecule has 1 unspecified atom stereocenters. The first-order valence-electron chi connectivity index (χ1n) is 12.2. The average molecular weight is 500 g/mol. The van der Waals surface area contributed by atoms with Gasteiger partial charge in [-0.3, -0.25) is 4.79 Å². The lowest BCUT2D eigenvalue weighted by Gasteiger charge is -2.16. The second-order valence-electron chi connectivity index (χ2n) is 8.48. The molecule has 0 fully saturated rings. The Hall–Kier alpha value is -2.84. The van der Waals surface area contributed by atoms with Crippen molar-refractivity contribution < 1.29 is 19.0 Å². The maximum atomic E-state index is 13.2. The van der Waals surface area contributed by atoms with Crippen LogP contribution in [0.25, 0.3) is 11.4 Å². The molecule has 0 saturated heterocycles. The fourth-order valence-corrected chi connectivity index (χ4v) is 4.66. The first-order valence-corrected chi connectivity index (χ1v) is 13.1. The van der Waals surface area contributed by atoms with E-state index in [4.69, 9.17) is 19.2 Å². The number of methoxy groups -OCH3 is 2. The molecule has 0 aliphatic heterocycles. The summed E-state index contributed by atoms with van der Waals surface area (Å²) in [5.41, 5.74) is 3.36. The highest BCUT2D eigenvalue weighted by atomic mass is 32.1. The van der Waals surface area contributed by atoms with Gasteiger partial charge in [0.05, 0.1) is 30.7 Å². The number of ether oxygens (including phenoxy) is 3. The number of carbonyl (C=O) groups excluding carboxylic acids is 1. The van der Waals surface area contributed by atoms with Crippen molar-refractivity contribution in [2.45, 2.75) is 65.6 Å². The fraction of sp³-hybridized carbons (Fsp3) is 0.481. The lowest BCUT2D eigenvalue weighted by molar-refractivity contribution is 0.0932. The molecule has 0 aliphatic rings. The van der Waals surface area contributed by atoms with Gasteiger partial charge in [-0.15, -0.1) is 11.3 Å². The maximum absolute atomic E-state index is 13.2. The Labute approximate surface area is 212 Å². The molecule has 35 heavy (non-hydrogen) atoms. The highest BCUT2D eigenvalue weighted by molar-refractivity contribution is 7.09. The monoisotopic (exact) mass is 499 g/mol. The summed E-state index contributed by atoms with van der Waals surface area (Å²) >= 11 is 1.54. The Morgan fingerprint density at radius 1 is 1.17 bits per heavy atom. The Balaban J connectivity index is 1.78. The zero-order valence-corrected chi connectivity index (χ0v) is 22.2. The Bertz CT molecular complexity index is 1070. The number of rotatable bonds is 14. The molecule has 2 heterocycles. The molecule has 0 saturated carbocycles. The number of carbonyl (C=O) groups is 1. The van der Waals surface area contributed by atoms with E-state index in [-0.39, 0.29) is 11.9 Å². The molecule has 0 radical (unpaired) electrons. The zero-order chi connectivity index (χ0) is 25.2. The summed E-state index contributed by atoms with van der Waals surface area (Å²) < 4.78 is 18.5. The van der Waals surface area contributed by atoms with Crippen LogP contribution in [0.4, 0.5) is 0 Å². The van der Waals surface area contributed by atoms with Crippen molar-refractivity contribution in [3.05, 3.63) is 52.0 Å². The van der Waals surface area contributed by atoms with Crippen molar-refractivity contribution in [2.24, 2.45) is 0 Å². The highest BCUT2D eigenvalue weighted by Crippen LogP contribution is 2.28. The van der Waals surface area contributed by atoms with E-state index in [1.807, 2.05) is 42.6 Å². The lowest BCUT2D eigenvalue weighted by Crippen LogP contribution is -2.34. The van der Waals surface area contributed by atoms with Crippen LogP contribution in [0.3, 0.4) is 0 Å². The van der Waals surface area contributed by atoms with Gasteiger partial charge in [0.1, 0.15) is 23.1 Å². The molecule has 1 aromatic carbocycles. The molecule has 1 N–H and O–H groups in total. The minimum atomic E-state index is -0.0267. The Kier molecular flexibility index (Phi) is 10.2. The minimum Gasteiger partial charge on any atom is -0.497 e. The van der Waals surface area contributed by atoms with Gasteiger partial charge in [0.2, 0.25) is 0 Å². The Morgan fingerprint density at radius 3 is 2.57 bits per heavy atom. The third-order valence-corrected chi connectivity index (χ3v) is 6.92. The van der Waals surface area contributed by atoms with Gasteiger partial charge in [-0.1, -0.05) is 26.7 Å². The molecule has 3 aromatic rings. The largest absolute Gasteiger partial charge is 0.497 e. The number of aromatic nitrogens is 2. The van der Waals surface area contributed by atoms with E-state index < -0.39 is 0 Å². The van der Waals surface area contributed by atoms with Crippen molar-refractivity contribution in [1.82, 2.24) is 14.9 Å². The smallest absolute Gasteiger partial charge is 0.253 e. The summed E-state index contributed by atoms with van der Waals surface area (Å²) in [5, 5.41) is 6.11. The molecule has 1 amide bonds. The second-order valence-corrected chi connectivity index (χ2v) is 9.43. The predicted molar refractivity (Wildman–Crippen MR) is 141 cm³/mol. The predicted octanol–water partition coefficient (Wildman–Crippen LogP) is 5.85. The van der Waals surface area contributed by atoms with Crippen LogP contribution in [0, 0.1) is 6.92 Å². The first-order chi connectivity index (χ1) is 17.0. The topological polar surface area (TPSA) is 74.6 Å². The number of nitrogens with zero attached hydrogens (tertiary/aromatic N) is 2. The number of hydrogen-bond donors (Lipinski definition) is 1. The summed E-state index contributed by atoms with van der Waals surface area (Å²) in [6, 6.07) is 9.63. The number of thiazole rings is 1. The van der Waals surface area contributed by atoms with Gasteiger partial charge in [-0.25, -0.2) is 4.98 Å². The van der Waals surface area contributed by atoms with Crippen molar-refractivity contribution >= 4 is 17.2 Å². The zero-order valence-electron chi connectivity index (χ0n) is 21.4. The van der Waals surface area contributed by atoms with E-state index in [1.165, 1.54) is 0 Å². The quantitative estimate of drug-likeness (QED) is 0.301. The van der Waals surface area contributed by atoms with Crippen molar-refractivity contribution in [3.8, 4) is 22.9 Å². The second kappa shape index (κ2) is 13.3. The van der Waals surface area contributed by atoms with Crippen LogP contribution in [-0.2, 0) is 17.9 Å². The van der Waals surface area contributed by atoms with Gasteiger partial charge in [-0.05, 0) is 50.1 Å². The van der Waals surface area contributed by atoms with E-state index in [0.29, 0.717) is 25.3 Å². The van der Waals surface area contributed by atoms with E-state index in [9.17, 15) is 4.79 Å². The molecule has 0 bridgehead atoms. The van der Waals surface area contributed by atoms with Gasteiger partial charge >= 0.3 is 0 Å². The van der Waals surface area contributed by atoms with Gasteiger partial charge < -0.3 is 24.1 Å². The van der Waals surface area contributed by atoms with Crippen LogP contribution in [-0.4, -0.2) is 42.3 Å². The third-order valence-electron chi connectivity index (χ3n) is 6.10. The van der Waals surface area contributed by atoms with Crippen LogP contribution in [0.1, 0.15) is 60.6 Å². The summed E-state index contributed by atoms with van der Waals surface area (Å²) in [6.45, 7) is 7.85. The molecule has 0 spiro atoms. The van der Waals surface area contributed by atoms with Crippen LogP contribution in [0.15, 0.2) is 35.7 Å². The average Bonchev–Trinajstić information content (AvgIpc) is 3.48. The lowest BCUT2D eigenvalue weighted by atomic mass is 10.1. The molecule has 7 nitrogen and oxygen atoms in total. The number of hydrogen-bond acceptors (Lipinski definition) is 6. The van der Waals surface area contributed by atoms with Crippen molar-refractivity contribution in [3.63, 3.8) is 0 Å². The number of nitrogens with one attached hydrogen (secondary N) is 1. The normalized spacial score (nSPS) is 11.9. The molecule has 1 atom stereocenters. The molecule has 3 rings (SSSR count).